The van der Waals surface area contributed by atoms with Crippen LogP contribution < -0.4 is 5.32 Å². The smallest absolute Gasteiger partial charge is 0.251 e. The third kappa shape index (κ3) is 4.16. The Bertz CT molecular complexity index is 609. The van der Waals surface area contributed by atoms with Crippen molar-refractivity contribution < 1.29 is 4.79 Å². The Morgan fingerprint density at radius 1 is 1.26 bits per heavy atom. The van der Waals surface area contributed by atoms with Gasteiger partial charge in [0, 0.05) is 55.6 Å². The van der Waals surface area contributed by atoms with Crippen LogP contribution in [0.15, 0.2) is 42.0 Å². The number of nitrogens with one attached hydrogen (secondary N) is 1. The zero-order chi connectivity index (χ0) is 16.1. The van der Waals surface area contributed by atoms with Crippen LogP contribution in [0.25, 0.3) is 0 Å². The van der Waals surface area contributed by atoms with Gasteiger partial charge in [0.2, 0.25) is 0 Å². The van der Waals surface area contributed by atoms with Gasteiger partial charge in [0.05, 0.1) is 6.04 Å². The van der Waals surface area contributed by atoms with Gasteiger partial charge in [0.25, 0.3) is 5.91 Å². The Hall–Kier alpha value is -1.76. The van der Waals surface area contributed by atoms with E-state index in [9.17, 15) is 4.79 Å². The van der Waals surface area contributed by atoms with E-state index < -0.39 is 0 Å². The summed E-state index contributed by atoms with van der Waals surface area (Å²) in [6.07, 6.45) is 3.29. The number of nitrogens with zero attached hydrogens (tertiary/aromatic N) is 3. The highest BCUT2D eigenvalue weighted by Gasteiger charge is 2.25. The fourth-order valence-corrected chi connectivity index (χ4v) is 3.68. The number of carbonyl (C=O) groups is 1. The first kappa shape index (κ1) is 16.1. The van der Waals surface area contributed by atoms with Gasteiger partial charge in [-0.15, -0.1) is 11.3 Å². The van der Waals surface area contributed by atoms with Gasteiger partial charge in [-0.2, -0.15) is 0 Å². The van der Waals surface area contributed by atoms with Crippen LogP contribution in [0.5, 0.6) is 0 Å². The summed E-state index contributed by atoms with van der Waals surface area (Å²) in [5.41, 5.74) is 0.656. The minimum absolute atomic E-state index is 0.0388. The first-order chi connectivity index (χ1) is 11.2. The van der Waals surface area contributed by atoms with Gasteiger partial charge in [-0.25, -0.2) is 0 Å². The van der Waals surface area contributed by atoms with Crippen LogP contribution in [-0.2, 0) is 0 Å². The topological polar surface area (TPSA) is 48.5 Å². The zero-order valence-electron chi connectivity index (χ0n) is 13.3. The quantitative estimate of drug-likeness (QED) is 0.909. The molecule has 1 atom stereocenters. The number of hydrogen-bond donors (Lipinski definition) is 1. The van der Waals surface area contributed by atoms with Crippen LogP contribution in [0.1, 0.15) is 21.3 Å². The Balaban J connectivity index is 1.66. The van der Waals surface area contributed by atoms with Crippen LogP contribution >= 0.6 is 11.3 Å². The molecular weight excluding hydrogens is 308 g/mol. The van der Waals surface area contributed by atoms with Crippen LogP contribution in [0, 0.1) is 0 Å². The van der Waals surface area contributed by atoms with Gasteiger partial charge >= 0.3 is 0 Å². The van der Waals surface area contributed by atoms with Gasteiger partial charge in [-0.3, -0.25) is 14.7 Å². The molecule has 1 saturated heterocycles. The van der Waals surface area contributed by atoms with Gasteiger partial charge in [0.15, 0.2) is 0 Å². The molecule has 6 heteroatoms. The first-order valence-corrected chi connectivity index (χ1v) is 8.76. The molecule has 1 aliphatic heterocycles. The normalized spacial score (nSPS) is 17.8. The number of thiophene rings is 1. The molecule has 0 aromatic carbocycles. The van der Waals surface area contributed by atoms with E-state index in [4.69, 9.17) is 0 Å². The SMILES string of the molecule is CN1CCN(C(CNC(=O)c2ccncc2)c2cccs2)CC1. The van der Waals surface area contributed by atoms with E-state index in [1.54, 1.807) is 35.9 Å². The van der Waals surface area contributed by atoms with E-state index in [1.807, 2.05) is 0 Å². The van der Waals surface area contributed by atoms with Crippen molar-refractivity contribution in [3.63, 3.8) is 0 Å². The molecule has 1 amide bonds. The summed E-state index contributed by atoms with van der Waals surface area (Å²) in [6.45, 7) is 4.83. The highest BCUT2D eigenvalue weighted by atomic mass is 32.1. The lowest BCUT2D eigenvalue weighted by atomic mass is 10.1. The van der Waals surface area contributed by atoms with E-state index >= 15 is 0 Å². The van der Waals surface area contributed by atoms with E-state index in [0.717, 1.165) is 26.2 Å². The maximum absolute atomic E-state index is 12.3. The van der Waals surface area contributed by atoms with Crippen molar-refractivity contribution in [1.29, 1.82) is 0 Å². The molecular formula is C17H22N4OS. The number of likely N-dealkylation sites (N-methyl/N-ethyl adjacent to an activating group) is 1. The molecule has 2 aromatic rings. The third-order valence-electron chi connectivity index (χ3n) is 4.25. The monoisotopic (exact) mass is 330 g/mol. The van der Waals surface area contributed by atoms with Crippen molar-refractivity contribution in [1.82, 2.24) is 20.1 Å². The summed E-state index contributed by atoms with van der Waals surface area (Å²) >= 11 is 1.76. The number of aromatic nitrogens is 1. The van der Waals surface area contributed by atoms with Gasteiger partial charge in [-0.05, 0) is 30.6 Å². The third-order valence-corrected chi connectivity index (χ3v) is 5.22. The molecule has 0 saturated carbocycles. The average Bonchev–Trinajstić information content (AvgIpc) is 3.11. The molecule has 1 N–H and O–H groups in total. The molecule has 0 bridgehead atoms. The van der Waals surface area contributed by atoms with Crippen LogP contribution in [-0.4, -0.2) is 60.5 Å². The average molecular weight is 330 g/mol. The standard InChI is InChI=1S/C17H22N4OS/c1-20-8-10-21(11-9-20)15(16-3-2-12-23-16)13-19-17(22)14-4-6-18-7-5-14/h2-7,12,15H,8-11,13H2,1H3,(H,19,22). The predicted octanol–water partition coefficient (Wildman–Crippen LogP) is 1.86. The molecule has 5 nitrogen and oxygen atoms in total. The summed E-state index contributed by atoms with van der Waals surface area (Å²) in [7, 11) is 2.16. The van der Waals surface area contributed by atoms with Gasteiger partial charge in [-0.1, -0.05) is 6.07 Å². The highest BCUT2D eigenvalue weighted by molar-refractivity contribution is 7.10. The Labute approximate surface area is 140 Å². The summed E-state index contributed by atoms with van der Waals surface area (Å²) in [5, 5.41) is 5.18. The maximum atomic E-state index is 12.3. The van der Waals surface area contributed by atoms with Crippen molar-refractivity contribution in [3.8, 4) is 0 Å². The number of hydrogen-bond acceptors (Lipinski definition) is 5. The lowest BCUT2D eigenvalue weighted by Gasteiger charge is -2.37. The van der Waals surface area contributed by atoms with Crippen LogP contribution in [0.4, 0.5) is 0 Å². The first-order valence-electron chi connectivity index (χ1n) is 7.88. The molecule has 23 heavy (non-hydrogen) atoms. The molecule has 0 spiro atoms. The maximum Gasteiger partial charge on any atom is 0.251 e. The summed E-state index contributed by atoms with van der Waals surface area (Å²) in [4.78, 5) is 22.4. The van der Waals surface area contributed by atoms with Crippen molar-refractivity contribution >= 4 is 17.2 Å². The fraction of sp³-hybridized carbons (Fsp3) is 0.412. The summed E-state index contributed by atoms with van der Waals surface area (Å²) in [5.74, 6) is -0.0388. The fourth-order valence-electron chi connectivity index (χ4n) is 2.82. The Morgan fingerprint density at radius 3 is 2.65 bits per heavy atom. The van der Waals surface area contributed by atoms with Gasteiger partial charge in [0.1, 0.15) is 0 Å². The number of piperazine rings is 1. The molecule has 3 heterocycles. The molecule has 0 radical (unpaired) electrons. The molecule has 3 rings (SSSR count). The van der Waals surface area contributed by atoms with Crippen molar-refractivity contribution in [2.45, 2.75) is 6.04 Å². The summed E-state index contributed by atoms with van der Waals surface area (Å²) in [6, 6.07) is 7.96. The Kier molecular flexibility index (Phi) is 5.38. The number of amides is 1. The molecule has 122 valence electrons. The zero-order valence-corrected chi connectivity index (χ0v) is 14.1. The predicted molar refractivity (Wildman–Crippen MR) is 92.7 cm³/mol. The molecule has 1 unspecified atom stereocenters. The number of pyridine rings is 1. The van der Waals surface area contributed by atoms with Crippen LogP contribution in [0.2, 0.25) is 0 Å². The van der Waals surface area contributed by atoms with E-state index in [0.29, 0.717) is 12.1 Å². The Morgan fingerprint density at radius 2 is 2.00 bits per heavy atom. The van der Waals surface area contributed by atoms with Gasteiger partial charge < -0.3 is 10.2 Å². The van der Waals surface area contributed by atoms with E-state index in [1.165, 1.54) is 4.88 Å². The minimum atomic E-state index is -0.0388. The second-order valence-electron chi connectivity index (χ2n) is 5.82. The lowest BCUT2D eigenvalue weighted by molar-refractivity contribution is 0.0890. The van der Waals surface area contributed by atoms with E-state index in [2.05, 4.69) is 44.7 Å². The van der Waals surface area contributed by atoms with Crippen molar-refractivity contribution in [2.24, 2.45) is 0 Å². The number of rotatable bonds is 5. The largest absolute Gasteiger partial charge is 0.350 e. The van der Waals surface area contributed by atoms with Crippen molar-refractivity contribution in [3.05, 3.63) is 52.5 Å². The van der Waals surface area contributed by atoms with Crippen molar-refractivity contribution in [2.75, 3.05) is 39.8 Å². The highest BCUT2D eigenvalue weighted by Crippen LogP contribution is 2.25. The number of carbonyl (C=O) groups excluding carboxylic acids is 1. The second-order valence-corrected chi connectivity index (χ2v) is 6.80. The molecule has 2 aromatic heterocycles. The minimum Gasteiger partial charge on any atom is -0.350 e. The van der Waals surface area contributed by atoms with E-state index in [-0.39, 0.29) is 11.9 Å². The molecule has 1 fully saturated rings. The van der Waals surface area contributed by atoms with Crippen LogP contribution in [0.3, 0.4) is 0 Å². The summed E-state index contributed by atoms with van der Waals surface area (Å²) < 4.78 is 0. The lowest BCUT2D eigenvalue weighted by Crippen LogP contribution is -2.48. The molecule has 0 aliphatic carbocycles. The second kappa shape index (κ2) is 7.68. The molecule has 1 aliphatic rings.